The lowest BCUT2D eigenvalue weighted by atomic mass is 10.2. The highest BCUT2D eigenvalue weighted by molar-refractivity contribution is 6.29. The van der Waals surface area contributed by atoms with Gasteiger partial charge in [0.1, 0.15) is 5.76 Å². The summed E-state index contributed by atoms with van der Waals surface area (Å²) >= 11 is 5.67. The van der Waals surface area contributed by atoms with Crippen LogP contribution in [0.3, 0.4) is 0 Å². The molecule has 0 aromatic rings. The lowest BCUT2D eigenvalue weighted by Gasteiger charge is -1.97. The van der Waals surface area contributed by atoms with E-state index in [1.54, 1.807) is 0 Å². The van der Waals surface area contributed by atoms with E-state index in [0.29, 0.717) is 5.03 Å². The molecule has 0 aliphatic carbocycles. The zero-order valence-electron chi connectivity index (χ0n) is 5.41. The first-order valence-electron chi connectivity index (χ1n) is 2.89. The van der Waals surface area contributed by atoms with E-state index in [1.165, 1.54) is 0 Å². The molecule has 9 heavy (non-hydrogen) atoms. The monoisotopic (exact) mass is 144 g/mol. The van der Waals surface area contributed by atoms with Gasteiger partial charge in [0.25, 0.3) is 0 Å². The summed E-state index contributed by atoms with van der Waals surface area (Å²) in [6.45, 7) is 6.34. The van der Waals surface area contributed by atoms with Crippen molar-refractivity contribution in [1.29, 1.82) is 0 Å². The predicted molar refractivity (Wildman–Crippen MR) is 38.3 cm³/mol. The molecule has 0 radical (unpaired) electrons. The Morgan fingerprint density at radius 2 is 2.44 bits per heavy atom. The summed E-state index contributed by atoms with van der Waals surface area (Å²) in [5.41, 5.74) is 1.02. The molecule has 0 saturated carbocycles. The van der Waals surface area contributed by atoms with Crippen LogP contribution >= 0.6 is 11.6 Å². The molecule has 0 spiro atoms. The Labute approximate surface area is 60.0 Å². The molecular formula is C7H9ClO. The molecule has 2 heteroatoms. The third kappa shape index (κ3) is 1.28. The van der Waals surface area contributed by atoms with Gasteiger partial charge in [0, 0.05) is 6.42 Å². The smallest absolute Gasteiger partial charge is 0.136 e. The molecule has 1 aliphatic rings. The zero-order valence-corrected chi connectivity index (χ0v) is 6.16. The molecule has 1 aliphatic heterocycles. The van der Waals surface area contributed by atoms with Crippen molar-refractivity contribution in [2.45, 2.75) is 13.3 Å². The van der Waals surface area contributed by atoms with Crippen molar-refractivity contribution in [2.75, 3.05) is 6.61 Å². The average molecular weight is 145 g/mol. The Balaban J connectivity index is 2.83. The third-order valence-corrected chi connectivity index (χ3v) is 1.46. The minimum Gasteiger partial charge on any atom is -0.492 e. The molecule has 0 aromatic heterocycles. The first kappa shape index (κ1) is 6.69. The van der Waals surface area contributed by atoms with Gasteiger partial charge in [-0.05, 0) is 12.5 Å². The molecule has 1 saturated heterocycles. The van der Waals surface area contributed by atoms with Crippen LogP contribution < -0.4 is 0 Å². The van der Waals surface area contributed by atoms with Crippen molar-refractivity contribution in [3.8, 4) is 0 Å². The maximum atomic E-state index is 5.67. The number of allylic oxidation sites excluding steroid dienone is 2. The lowest BCUT2D eigenvalue weighted by molar-refractivity contribution is 0.264. The average Bonchev–Trinajstić information content (AvgIpc) is 2.13. The first-order valence-corrected chi connectivity index (χ1v) is 3.27. The summed E-state index contributed by atoms with van der Waals surface area (Å²) in [6, 6.07) is 0. The van der Waals surface area contributed by atoms with E-state index in [0.717, 1.165) is 24.4 Å². The van der Waals surface area contributed by atoms with Gasteiger partial charge in [-0.1, -0.05) is 18.2 Å². The second-order valence-electron chi connectivity index (χ2n) is 2.06. The second-order valence-corrected chi connectivity index (χ2v) is 2.63. The molecular weight excluding hydrogens is 136 g/mol. The molecule has 0 unspecified atom stereocenters. The van der Waals surface area contributed by atoms with E-state index in [4.69, 9.17) is 16.3 Å². The van der Waals surface area contributed by atoms with Gasteiger partial charge >= 0.3 is 0 Å². The van der Waals surface area contributed by atoms with Crippen LogP contribution in [-0.2, 0) is 4.74 Å². The van der Waals surface area contributed by atoms with Gasteiger partial charge in [-0.3, -0.25) is 0 Å². The van der Waals surface area contributed by atoms with Gasteiger partial charge in [0.2, 0.25) is 0 Å². The summed E-state index contributed by atoms with van der Waals surface area (Å²) in [4.78, 5) is 0. The van der Waals surface area contributed by atoms with Crippen molar-refractivity contribution in [2.24, 2.45) is 0 Å². The van der Waals surface area contributed by atoms with Gasteiger partial charge in [-0.15, -0.1) is 0 Å². The van der Waals surface area contributed by atoms with E-state index >= 15 is 0 Å². The Bertz CT molecular complexity index is 166. The van der Waals surface area contributed by atoms with Crippen molar-refractivity contribution in [3.63, 3.8) is 0 Å². The standard InChI is InChI=1S/C7H9ClO/c1-5-3-4-9-7(5)6(2)8/h1,3-4H2,2H3/b7-6-. The third-order valence-electron chi connectivity index (χ3n) is 1.28. The van der Waals surface area contributed by atoms with Crippen LogP contribution in [0.2, 0.25) is 0 Å². The van der Waals surface area contributed by atoms with Gasteiger partial charge in [-0.25, -0.2) is 0 Å². The van der Waals surface area contributed by atoms with Crippen LogP contribution in [0.4, 0.5) is 0 Å². The van der Waals surface area contributed by atoms with E-state index in [9.17, 15) is 0 Å². The SMILES string of the molecule is C=C1CCO/C1=C(/C)Cl. The van der Waals surface area contributed by atoms with E-state index in [2.05, 4.69) is 6.58 Å². The highest BCUT2D eigenvalue weighted by Crippen LogP contribution is 2.26. The van der Waals surface area contributed by atoms with Crippen molar-refractivity contribution < 1.29 is 4.74 Å². The Morgan fingerprint density at radius 3 is 2.67 bits per heavy atom. The maximum Gasteiger partial charge on any atom is 0.136 e. The normalized spacial score (nSPS) is 24.0. The summed E-state index contributed by atoms with van der Waals surface area (Å²) < 4.78 is 5.17. The summed E-state index contributed by atoms with van der Waals surface area (Å²) in [5, 5.41) is 0.706. The molecule has 0 aromatic carbocycles. The van der Waals surface area contributed by atoms with Crippen molar-refractivity contribution in [1.82, 2.24) is 0 Å². The topological polar surface area (TPSA) is 9.23 Å². The largest absolute Gasteiger partial charge is 0.492 e. The van der Waals surface area contributed by atoms with Gasteiger partial charge < -0.3 is 4.74 Å². The summed E-state index contributed by atoms with van der Waals surface area (Å²) in [5.74, 6) is 0.789. The number of halogens is 1. The molecule has 0 atom stereocenters. The molecule has 1 rings (SSSR count). The van der Waals surface area contributed by atoms with Crippen LogP contribution in [0, 0.1) is 0 Å². The molecule has 0 N–H and O–H groups in total. The van der Waals surface area contributed by atoms with Gasteiger partial charge in [0.05, 0.1) is 11.6 Å². The number of rotatable bonds is 0. The molecule has 0 amide bonds. The maximum absolute atomic E-state index is 5.67. The lowest BCUT2D eigenvalue weighted by Crippen LogP contribution is -1.81. The second kappa shape index (κ2) is 2.44. The first-order chi connectivity index (χ1) is 4.22. The van der Waals surface area contributed by atoms with Crippen molar-refractivity contribution in [3.05, 3.63) is 22.9 Å². The van der Waals surface area contributed by atoms with Gasteiger partial charge in [-0.2, -0.15) is 0 Å². The Kier molecular flexibility index (Phi) is 1.81. The minimum absolute atomic E-state index is 0.706. The van der Waals surface area contributed by atoms with E-state index in [-0.39, 0.29) is 0 Å². The van der Waals surface area contributed by atoms with Crippen LogP contribution in [0.25, 0.3) is 0 Å². The fourth-order valence-corrected chi connectivity index (χ4v) is 1.02. The minimum atomic E-state index is 0.706. The van der Waals surface area contributed by atoms with Crippen LogP contribution in [0.5, 0.6) is 0 Å². The van der Waals surface area contributed by atoms with E-state index in [1.807, 2.05) is 6.92 Å². The summed E-state index contributed by atoms with van der Waals surface area (Å²) in [6.07, 6.45) is 0.916. The highest BCUT2D eigenvalue weighted by Gasteiger charge is 2.13. The molecule has 1 nitrogen and oxygen atoms in total. The fourth-order valence-electron chi connectivity index (χ4n) is 0.835. The highest BCUT2D eigenvalue weighted by atomic mass is 35.5. The number of hydrogen-bond acceptors (Lipinski definition) is 1. The molecule has 50 valence electrons. The predicted octanol–water partition coefficient (Wildman–Crippen LogP) is 2.43. The molecule has 1 fully saturated rings. The number of ether oxygens (including phenoxy) is 1. The van der Waals surface area contributed by atoms with Crippen LogP contribution in [0.1, 0.15) is 13.3 Å². The molecule has 1 heterocycles. The fraction of sp³-hybridized carbons (Fsp3) is 0.429. The van der Waals surface area contributed by atoms with E-state index < -0.39 is 0 Å². The Morgan fingerprint density at radius 1 is 1.78 bits per heavy atom. The zero-order chi connectivity index (χ0) is 6.85. The number of hydrogen-bond donors (Lipinski definition) is 0. The summed E-state index contributed by atoms with van der Waals surface area (Å²) in [7, 11) is 0. The Hall–Kier alpha value is -0.430. The van der Waals surface area contributed by atoms with Crippen molar-refractivity contribution >= 4 is 11.6 Å². The van der Waals surface area contributed by atoms with Gasteiger partial charge in [0.15, 0.2) is 0 Å². The quantitative estimate of drug-likeness (QED) is 0.508. The van der Waals surface area contributed by atoms with Crippen LogP contribution in [-0.4, -0.2) is 6.61 Å². The van der Waals surface area contributed by atoms with Crippen LogP contribution in [0.15, 0.2) is 22.9 Å². The molecule has 0 bridgehead atoms.